The predicted molar refractivity (Wildman–Crippen MR) is 101 cm³/mol. The molecule has 0 saturated carbocycles. The zero-order valence-electron chi connectivity index (χ0n) is 15.4. The lowest BCUT2D eigenvalue weighted by Crippen LogP contribution is -2.37. The molecule has 5 heteroatoms. The molecular weight excluding hydrogens is 324 g/mol. The van der Waals surface area contributed by atoms with Crippen molar-refractivity contribution in [2.45, 2.75) is 53.2 Å². The fraction of sp³-hybridized carbons (Fsp3) is 0.526. The Bertz CT molecular complexity index is 622. The van der Waals surface area contributed by atoms with E-state index in [0.29, 0.717) is 5.02 Å². The summed E-state index contributed by atoms with van der Waals surface area (Å²) in [5, 5.41) is 3.37. The summed E-state index contributed by atoms with van der Waals surface area (Å²) in [6, 6.07) is 5.45. The van der Waals surface area contributed by atoms with E-state index < -0.39 is 11.7 Å². The third kappa shape index (κ3) is 6.72. The third-order valence-electron chi connectivity index (χ3n) is 3.22. The van der Waals surface area contributed by atoms with Gasteiger partial charge in [-0.1, -0.05) is 23.4 Å². The summed E-state index contributed by atoms with van der Waals surface area (Å²) >= 11 is 6.35. The number of ether oxygens (including phenoxy) is 1. The van der Waals surface area contributed by atoms with Crippen LogP contribution in [0.2, 0.25) is 5.02 Å². The van der Waals surface area contributed by atoms with Crippen molar-refractivity contribution in [1.29, 1.82) is 0 Å². The molecule has 0 aliphatic rings. The van der Waals surface area contributed by atoms with Crippen molar-refractivity contribution < 1.29 is 9.53 Å². The lowest BCUT2D eigenvalue weighted by atomic mass is 10.2. The molecule has 1 aromatic rings. The highest BCUT2D eigenvalue weighted by atomic mass is 35.5. The van der Waals surface area contributed by atoms with E-state index in [9.17, 15) is 4.79 Å². The number of hydrogen-bond donors (Lipinski definition) is 1. The topological polar surface area (TPSA) is 41.6 Å². The zero-order chi connectivity index (χ0) is 18.3. The van der Waals surface area contributed by atoms with Gasteiger partial charge in [-0.3, -0.25) is 0 Å². The number of halogens is 1. The van der Waals surface area contributed by atoms with Gasteiger partial charge in [0.05, 0.1) is 16.8 Å². The van der Waals surface area contributed by atoms with E-state index in [0.717, 1.165) is 24.3 Å². The fourth-order valence-electron chi connectivity index (χ4n) is 2.12. The van der Waals surface area contributed by atoms with Crippen molar-refractivity contribution in [3.63, 3.8) is 0 Å². The summed E-state index contributed by atoms with van der Waals surface area (Å²) in [4.78, 5) is 13.9. The highest BCUT2D eigenvalue weighted by Crippen LogP contribution is 2.26. The fourth-order valence-corrected chi connectivity index (χ4v) is 2.42. The number of nitrogens with one attached hydrogen (secondary N) is 1. The number of nitrogens with zero attached hydrogens (tertiary/aromatic N) is 1. The maximum Gasteiger partial charge on any atom is 0.408 e. The second-order valence-corrected chi connectivity index (χ2v) is 6.88. The lowest BCUT2D eigenvalue weighted by molar-refractivity contribution is 0.0519. The van der Waals surface area contributed by atoms with Crippen molar-refractivity contribution in [2.75, 3.05) is 18.0 Å². The Morgan fingerprint density at radius 3 is 2.46 bits per heavy atom. The zero-order valence-corrected chi connectivity index (χ0v) is 16.1. The highest BCUT2D eigenvalue weighted by molar-refractivity contribution is 6.33. The van der Waals surface area contributed by atoms with Gasteiger partial charge >= 0.3 is 6.09 Å². The van der Waals surface area contributed by atoms with Gasteiger partial charge < -0.3 is 15.0 Å². The van der Waals surface area contributed by atoms with Crippen LogP contribution in [-0.2, 0) is 4.74 Å². The first kappa shape index (κ1) is 20.2. The van der Waals surface area contributed by atoms with Crippen LogP contribution >= 0.6 is 11.6 Å². The van der Waals surface area contributed by atoms with Crippen LogP contribution in [-0.4, -0.2) is 30.8 Å². The molecule has 1 amide bonds. The quantitative estimate of drug-likeness (QED) is 0.815. The van der Waals surface area contributed by atoms with Gasteiger partial charge in [-0.05, 0) is 59.7 Å². The minimum absolute atomic E-state index is 0.318. The molecule has 1 N–H and O–H groups in total. The van der Waals surface area contributed by atoms with Gasteiger partial charge in [-0.15, -0.1) is 0 Å². The summed E-state index contributed by atoms with van der Waals surface area (Å²) in [5.74, 6) is 6.02. The molecule has 4 nitrogen and oxygen atoms in total. The Morgan fingerprint density at radius 1 is 1.33 bits per heavy atom. The molecule has 0 bridgehead atoms. The van der Waals surface area contributed by atoms with Crippen molar-refractivity contribution >= 4 is 23.4 Å². The number of anilines is 1. The number of carbonyl (C=O) groups is 1. The summed E-state index contributed by atoms with van der Waals surface area (Å²) in [7, 11) is 0. The molecule has 0 radical (unpaired) electrons. The van der Waals surface area contributed by atoms with E-state index in [-0.39, 0.29) is 6.04 Å². The number of amides is 1. The Balaban J connectivity index is 2.75. The van der Waals surface area contributed by atoms with E-state index in [4.69, 9.17) is 16.3 Å². The van der Waals surface area contributed by atoms with Gasteiger partial charge in [0.2, 0.25) is 0 Å². The smallest absolute Gasteiger partial charge is 0.408 e. The number of alkyl carbamates (subject to hydrolysis) is 1. The average molecular weight is 351 g/mol. The average Bonchev–Trinajstić information content (AvgIpc) is 2.46. The molecule has 1 rings (SSSR count). The van der Waals surface area contributed by atoms with Crippen LogP contribution in [0, 0.1) is 11.8 Å². The largest absolute Gasteiger partial charge is 0.444 e. The molecule has 1 unspecified atom stereocenters. The molecule has 0 fully saturated rings. The van der Waals surface area contributed by atoms with Gasteiger partial charge in [0, 0.05) is 18.7 Å². The van der Waals surface area contributed by atoms with Gasteiger partial charge in [0.1, 0.15) is 5.60 Å². The molecule has 24 heavy (non-hydrogen) atoms. The van der Waals surface area contributed by atoms with Crippen LogP contribution in [0.15, 0.2) is 18.2 Å². The van der Waals surface area contributed by atoms with Crippen LogP contribution in [0.25, 0.3) is 0 Å². The molecule has 0 aliphatic carbocycles. The Morgan fingerprint density at radius 2 is 1.96 bits per heavy atom. The van der Waals surface area contributed by atoms with Gasteiger partial charge in [0.25, 0.3) is 0 Å². The number of carbonyl (C=O) groups excluding carboxylic acids is 1. The minimum Gasteiger partial charge on any atom is -0.444 e. The summed E-state index contributed by atoms with van der Waals surface area (Å²) < 4.78 is 5.20. The first-order valence-electron chi connectivity index (χ1n) is 8.21. The molecule has 0 spiro atoms. The molecule has 132 valence electrons. The summed E-state index contributed by atoms with van der Waals surface area (Å²) in [6.45, 7) is 13.3. The maximum absolute atomic E-state index is 11.7. The van der Waals surface area contributed by atoms with Gasteiger partial charge in [0.15, 0.2) is 0 Å². The SMILES string of the molecule is CCN(CC)c1ccc(C#CC(C)NC(=O)OC(C)(C)C)cc1Cl. The normalized spacial score (nSPS) is 12.0. The van der Waals surface area contributed by atoms with Gasteiger partial charge in [-0.2, -0.15) is 0 Å². The second-order valence-electron chi connectivity index (χ2n) is 6.48. The number of rotatable bonds is 4. The van der Waals surface area contributed by atoms with Crippen molar-refractivity contribution in [1.82, 2.24) is 5.32 Å². The van der Waals surface area contributed by atoms with Crippen molar-refractivity contribution in [2.24, 2.45) is 0 Å². The van der Waals surface area contributed by atoms with Crippen molar-refractivity contribution in [3.8, 4) is 11.8 Å². The molecular formula is C19H27ClN2O2. The lowest BCUT2D eigenvalue weighted by Gasteiger charge is -2.22. The highest BCUT2D eigenvalue weighted by Gasteiger charge is 2.16. The molecule has 1 aromatic carbocycles. The van der Waals surface area contributed by atoms with Crippen LogP contribution in [0.3, 0.4) is 0 Å². The van der Waals surface area contributed by atoms with E-state index in [1.807, 2.05) is 45.9 Å². The molecule has 0 aromatic heterocycles. The van der Waals surface area contributed by atoms with E-state index in [1.54, 1.807) is 0 Å². The molecule has 0 aliphatic heterocycles. The van der Waals surface area contributed by atoms with E-state index in [2.05, 4.69) is 35.9 Å². The molecule has 0 saturated heterocycles. The number of benzene rings is 1. The minimum atomic E-state index is -0.523. The Hall–Kier alpha value is -1.86. The second kappa shape index (κ2) is 8.84. The maximum atomic E-state index is 11.7. The third-order valence-corrected chi connectivity index (χ3v) is 3.52. The number of hydrogen-bond acceptors (Lipinski definition) is 3. The van der Waals surface area contributed by atoms with E-state index in [1.165, 1.54) is 0 Å². The first-order valence-corrected chi connectivity index (χ1v) is 8.59. The first-order chi connectivity index (χ1) is 11.2. The van der Waals surface area contributed by atoms with Crippen LogP contribution in [0.5, 0.6) is 0 Å². The Labute approximate surface area is 150 Å². The standard InChI is InChI=1S/C19H27ClN2O2/c1-7-22(8-2)17-12-11-15(13-16(17)20)10-9-14(3)21-18(23)24-19(4,5)6/h11-14H,7-8H2,1-6H3,(H,21,23). The summed E-state index contributed by atoms with van der Waals surface area (Å²) in [6.07, 6.45) is -0.473. The molecule has 0 heterocycles. The molecule has 1 atom stereocenters. The van der Waals surface area contributed by atoms with Crippen LogP contribution in [0.4, 0.5) is 10.5 Å². The van der Waals surface area contributed by atoms with Gasteiger partial charge in [-0.25, -0.2) is 4.79 Å². The van der Waals surface area contributed by atoms with E-state index >= 15 is 0 Å². The van der Waals surface area contributed by atoms with Crippen LogP contribution < -0.4 is 10.2 Å². The van der Waals surface area contributed by atoms with Crippen molar-refractivity contribution in [3.05, 3.63) is 28.8 Å². The summed E-state index contributed by atoms with van der Waals surface area (Å²) in [5.41, 5.74) is 1.30. The Kier molecular flexibility index (Phi) is 7.44. The monoisotopic (exact) mass is 350 g/mol. The predicted octanol–water partition coefficient (Wildman–Crippen LogP) is 4.45. The van der Waals surface area contributed by atoms with Crippen LogP contribution in [0.1, 0.15) is 47.1 Å².